The summed E-state index contributed by atoms with van der Waals surface area (Å²) in [5.74, 6) is -0.145. The number of nitrogens with one attached hydrogen (secondary N) is 1. The van der Waals surface area contributed by atoms with Crippen molar-refractivity contribution in [1.82, 2.24) is 4.57 Å². The average Bonchev–Trinajstić information content (AvgIpc) is 2.88. The molecule has 1 aromatic carbocycles. The third kappa shape index (κ3) is 3.03. The van der Waals surface area contributed by atoms with E-state index in [-0.39, 0.29) is 18.6 Å². The Kier molecular flexibility index (Phi) is 4.02. The molecular formula is C15H18N2O2. The number of anilines is 1. The first-order valence-electron chi connectivity index (χ1n) is 6.30. The molecule has 0 saturated carbocycles. The summed E-state index contributed by atoms with van der Waals surface area (Å²) in [4.78, 5) is 12.2. The predicted octanol–water partition coefficient (Wildman–Crippen LogP) is 2.81. The first-order chi connectivity index (χ1) is 9.11. The maximum Gasteiger partial charge on any atom is 0.272 e. The molecule has 1 aromatic heterocycles. The van der Waals surface area contributed by atoms with Crippen LogP contribution in [0.25, 0.3) is 0 Å². The van der Waals surface area contributed by atoms with Gasteiger partial charge in [-0.25, -0.2) is 0 Å². The third-order valence-electron chi connectivity index (χ3n) is 2.94. The molecule has 1 amide bonds. The number of amides is 1. The Morgan fingerprint density at radius 3 is 2.79 bits per heavy atom. The summed E-state index contributed by atoms with van der Waals surface area (Å²) < 4.78 is 1.92. The summed E-state index contributed by atoms with van der Waals surface area (Å²) >= 11 is 0. The number of aromatic nitrogens is 1. The number of aliphatic hydroxyl groups excluding tert-OH is 1. The Hall–Kier alpha value is -2.07. The van der Waals surface area contributed by atoms with Crippen LogP contribution in [0, 0.1) is 0 Å². The SMILES string of the molecule is CC(C)n1cccc1C(=O)Nc1cccc(CO)c1. The maximum absolute atomic E-state index is 12.2. The highest BCUT2D eigenvalue weighted by Gasteiger charge is 2.12. The van der Waals surface area contributed by atoms with Crippen molar-refractivity contribution in [2.75, 3.05) is 5.32 Å². The summed E-state index contributed by atoms with van der Waals surface area (Å²) in [6, 6.07) is 11.1. The largest absolute Gasteiger partial charge is 0.392 e. The van der Waals surface area contributed by atoms with Crippen LogP contribution in [0.4, 0.5) is 5.69 Å². The first kappa shape index (κ1) is 13.4. The lowest BCUT2D eigenvalue weighted by molar-refractivity contribution is 0.101. The standard InChI is InChI=1S/C15H18N2O2/c1-11(2)17-8-4-7-14(17)15(19)16-13-6-3-5-12(9-13)10-18/h3-9,11,18H,10H2,1-2H3,(H,16,19). The fourth-order valence-electron chi connectivity index (χ4n) is 1.98. The minimum absolute atomic E-state index is 0.0356. The molecule has 0 saturated heterocycles. The number of benzene rings is 1. The van der Waals surface area contributed by atoms with E-state index >= 15 is 0 Å². The van der Waals surface area contributed by atoms with Gasteiger partial charge in [0.15, 0.2) is 0 Å². The molecule has 0 spiro atoms. The zero-order valence-electron chi connectivity index (χ0n) is 11.1. The van der Waals surface area contributed by atoms with Gasteiger partial charge in [0.05, 0.1) is 6.61 Å². The second-order valence-electron chi connectivity index (χ2n) is 4.71. The molecule has 0 aliphatic heterocycles. The van der Waals surface area contributed by atoms with Crippen molar-refractivity contribution in [3.8, 4) is 0 Å². The lowest BCUT2D eigenvalue weighted by Gasteiger charge is -2.13. The van der Waals surface area contributed by atoms with Crippen molar-refractivity contribution >= 4 is 11.6 Å². The van der Waals surface area contributed by atoms with Crippen molar-refractivity contribution in [2.45, 2.75) is 26.5 Å². The van der Waals surface area contributed by atoms with E-state index in [4.69, 9.17) is 5.11 Å². The Balaban J connectivity index is 2.18. The molecule has 2 rings (SSSR count). The summed E-state index contributed by atoms with van der Waals surface area (Å²) in [5.41, 5.74) is 2.09. The third-order valence-corrected chi connectivity index (χ3v) is 2.94. The minimum atomic E-state index is -0.145. The van der Waals surface area contributed by atoms with Crippen LogP contribution >= 0.6 is 0 Å². The van der Waals surface area contributed by atoms with Crippen molar-refractivity contribution in [2.24, 2.45) is 0 Å². The molecule has 2 aromatic rings. The highest BCUT2D eigenvalue weighted by Crippen LogP contribution is 2.15. The molecule has 0 bridgehead atoms. The molecule has 4 nitrogen and oxygen atoms in total. The van der Waals surface area contributed by atoms with Gasteiger partial charge in [0.1, 0.15) is 5.69 Å². The fraction of sp³-hybridized carbons (Fsp3) is 0.267. The van der Waals surface area contributed by atoms with Crippen LogP contribution in [0.15, 0.2) is 42.6 Å². The van der Waals surface area contributed by atoms with Crippen molar-refractivity contribution in [1.29, 1.82) is 0 Å². The Morgan fingerprint density at radius 2 is 2.11 bits per heavy atom. The molecule has 2 N–H and O–H groups in total. The number of hydrogen-bond acceptors (Lipinski definition) is 2. The molecule has 0 aliphatic carbocycles. The number of hydrogen-bond donors (Lipinski definition) is 2. The van der Waals surface area contributed by atoms with Gasteiger partial charge in [-0.1, -0.05) is 12.1 Å². The molecule has 4 heteroatoms. The highest BCUT2D eigenvalue weighted by atomic mass is 16.3. The molecule has 0 unspecified atom stereocenters. The van der Waals surface area contributed by atoms with Crippen molar-refractivity contribution < 1.29 is 9.90 Å². The van der Waals surface area contributed by atoms with Crippen LogP contribution in [0.3, 0.4) is 0 Å². The van der Waals surface area contributed by atoms with Crippen LogP contribution in [0.2, 0.25) is 0 Å². The number of carbonyl (C=O) groups excluding carboxylic acids is 1. The monoisotopic (exact) mass is 258 g/mol. The highest BCUT2D eigenvalue weighted by molar-refractivity contribution is 6.03. The van der Waals surface area contributed by atoms with Gasteiger partial charge in [-0.3, -0.25) is 4.79 Å². The second kappa shape index (κ2) is 5.71. The van der Waals surface area contributed by atoms with E-state index in [1.54, 1.807) is 18.2 Å². The van der Waals surface area contributed by atoms with Gasteiger partial charge in [-0.15, -0.1) is 0 Å². The predicted molar refractivity (Wildman–Crippen MR) is 75.1 cm³/mol. The van der Waals surface area contributed by atoms with E-state index in [0.29, 0.717) is 11.4 Å². The lowest BCUT2D eigenvalue weighted by Crippen LogP contribution is -2.17. The Labute approximate surface area is 112 Å². The van der Waals surface area contributed by atoms with E-state index in [2.05, 4.69) is 5.32 Å². The van der Waals surface area contributed by atoms with Gasteiger partial charge in [0.25, 0.3) is 5.91 Å². The molecule has 0 aliphatic rings. The summed E-state index contributed by atoms with van der Waals surface area (Å²) in [7, 11) is 0. The summed E-state index contributed by atoms with van der Waals surface area (Å²) in [6.07, 6.45) is 1.89. The van der Waals surface area contributed by atoms with Gasteiger partial charge in [0.2, 0.25) is 0 Å². The minimum Gasteiger partial charge on any atom is -0.392 e. The number of carbonyl (C=O) groups is 1. The zero-order chi connectivity index (χ0) is 13.8. The Morgan fingerprint density at radius 1 is 1.32 bits per heavy atom. The van der Waals surface area contributed by atoms with Crippen LogP contribution in [-0.4, -0.2) is 15.6 Å². The molecule has 0 radical (unpaired) electrons. The van der Waals surface area contributed by atoms with E-state index in [9.17, 15) is 4.79 Å². The van der Waals surface area contributed by atoms with E-state index in [1.807, 2.05) is 42.8 Å². The van der Waals surface area contributed by atoms with E-state index in [1.165, 1.54) is 0 Å². The average molecular weight is 258 g/mol. The van der Waals surface area contributed by atoms with E-state index < -0.39 is 0 Å². The lowest BCUT2D eigenvalue weighted by atomic mass is 10.2. The molecular weight excluding hydrogens is 240 g/mol. The van der Waals surface area contributed by atoms with Crippen molar-refractivity contribution in [3.05, 3.63) is 53.9 Å². The molecule has 1 heterocycles. The normalized spacial score (nSPS) is 10.7. The topological polar surface area (TPSA) is 54.3 Å². The Bertz CT molecular complexity index is 573. The van der Waals surface area contributed by atoms with Crippen LogP contribution in [0.5, 0.6) is 0 Å². The zero-order valence-corrected chi connectivity index (χ0v) is 11.1. The van der Waals surface area contributed by atoms with Crippen LogP contribution in [-0.2, 0) is 6.61 Å². The van der Waals surface area contributed by atoms with Crippen LogP contribution < -0.4 is 5.32 Å². The van der Waals surface area contributed by atoms with Gasteiger partial charge in [-0.05, 0) is 43.7 Å². The quantitative estimate of drug-likeness (QED) is 0.886. The number of aliphatic hydroxyl groups is 1. The molecule has 100 valence electrons. The summed E-state index contributed by atoms with van der Waals surface area (Å²) in [6.45, 7) is 4.03. The van der Waals surface area contributed by atoms with Gasteiger partial charge < -0.3 is 15.0 Å². The number of nitrogens with zero attached hydrogens (tertiary/aromatic N) is 1. The molecule has 0 atom stereocenters. The fourth-order valence-corrected chi connectivity index (χ4v) is 1.98. The molecule has 19 heavy (non-hydrogen) atoms. The van der Waals surface area contributed by atoms with Gasteiger partial charge >= 0.3 is 0 Å². The first-order valence-corrected chi connectivity index (χ1v) is 6.30. The van der Waals surface area contributed by atoms with Crippen molar-refractivity contribution in [3.63, 3.8) is 0 Å². The maximum atomic E-state index is 12.2. The number of rotatable bonds is 4. The van der Waals surface area contributed by atoms with Gasteiger partial charge in [-0.2, -0.15) is 0 Å². The van der Waals surface area contributed by atoms with Crippen LogP contribution in [0.1, 0.15) is 35.9 Å². The smallest absolute Gasteiger partial charge is 0.272 e. The van der Waals surface area contributed by atoms with Gasteiger partial charge in [0, 0.05) is 17.9 Å². The second-order valence-corrected chi connectivity index (χ2v) is 4.71. The molecule has 0 fully saturated rings. The van der Waals surface area contributed by atoms with E-state index in [0.717, 1.165) is 5.56 Å². The summed E-state index contributed by atoms with van der Waals surface area (Å²) in [5, 5.41) is 11.9.